The lowest BCUT2D eigenvalue weighted by Gasteiger charge is -2.10. The maximum Gasteiger partial charge on any atom is 0.271 e. The van der Waals surface area contributed by atoms with Crippen molar-refractivity contribution in [1.29, 1.82) is 0 Å². The van der Waals surface area contributed by atoms with Gasteiger partial charge in [-0.3, -0.25) is 4.79 Å². The van der Waals surface area contributed by atoms with Gasteiger partial charge in [-0.1, -0.05) is 6.07 Å². The zero-order valence-electron chi connectivity index (χ0n) is 13.9. The van der Waals surface area contributed by atoms with E-state index in [1.807, 2.05) is 47.9 Å². The summed E-state index contributed by atoms with van der Waals surface area (Å²) in [5.74, 6) is 1.07. The number of hydrogen-bond donors (Lipinski definition) is 1. The molecule has 1 N–H and O–H groups in total. The molecule has 1 amide bonds. The van der Waals surface area contributed by atoms with E-state index in [4.69, 9.17) is 9.47 Å². The lowest BCUT2D eigenvalue weighted by atomic mass is 10.2. The minimum atomic E-state index is -0.217. The number of carbonyl (C=O) groups is 1. The van der Waals surface area contributed by atoms with Gasteiger partial charge in [0.15, 0.2) is 11.5 Å². The van der Waals surface area contributed by atoms with E-state index >= 15 is 0 Å². The van der Waals surface area contributed by atoms with Gasteiger partial charge >= 0.3 is 0 Å². The van der Waals surface area contributed by atoms with Crippen molar-refractivity contribution in [2.75, 3.05) is 14.2 Å². The van der Waals surface area contributed by atoms with E-state index in [-0.39, 0.29) is 5.91 Å². The summed E-state index contributed by atoms with van der Waals surface area (Å²) in [6.07, 6.45) is 3.61. The normalized spacial score (nSPS) is 10.6. The van der Waals surface area contributed by atoms with Crippen molar-refractivity contribution in [2.24, 2.45) is 0 Å². The molecule has 0 atom stereocenters. The maximum absolute atomic E-state index is 12.3. The Morgan fingerprint density at radius 2 is 1.96 bits per heavy atom. The molecule has 0 aliphatic carbocycles. The smallest absolute Gasteiger partial charge is 0.271 e. The van der Waals surface area contributed by atoms with Gasteiger partial charge in [-0.2, -0.15) is 0 Å². The van der Waals surface area contributed by atoms with Crippen LogP contribution in [0, 0.1) is 6.92 Å². The molecule has 2 aromatic heterocycles. The van der Waals surface area contributed by atoms with E-state index < -0.39 is 0 Å². The average molecular weight is 325 g/mol. The third kappa shape index (κ3) is 3.17. The first-order chi connectivity index (χ1) is 11.6. The Labute approximate surface area is 140 Å². The van der Waals surface area contributed by atoms with Crippen molar-refractivity contribution in [2.45, 2.75) is 13.5 Å². The number of aromatic nitrogens is 2. The first-order valence-corrected chi connectivity index (χ1v) is 7.55. The molecule has 3 rings (SSSR count). The fraction of sp³-hybridized carbons (Fsp3) is 0.222. The molecule has 3 aromatic rings. The van der Waals surface area contributed by atoms with Crippen LogP contribution in [0.25, 0.3) is 5.65 Å². The standard InChI is InChI=1S/C18H19N3O3/c1-12-6-7-21-11-14(20-17(21)8-12)18(22)19-10-13-4-5-15(23-2)16(9-13)24-3/h4-9,11H,10H2,1-3H3,(H,19,22). The minimum Gasteiger partial charge on any atom is -0.493 e. The van der Waals surface area contributed by atoms with Crippen LogP contribution in [0.5, 0.6) is 11.5 Å². The van der Waals surface area contributed by atoms with E-state index in [9.17, 15) is 4.79 Å². The number of pyridine rings is 1. The minimum absolute atomic E-state index is 0.217. The van der Waals surface area contributed by atoms with Gasteiger partial charge in [-0.25, -0.2) is 4.98 Å². The van der Waals surface area contributed by atoms with Crippen molar-refractivity contribution < 1.29 is 14.3 Å². The molecule has 1 aromatic carbocycles. The first kappa shape index (κ1) is 15.9. The monoisotopic (exact) mass is 325 g/mol. The van der Waals surface area contributed by atoms with Crippen LogP contribution in [0.1, 0.15) is 21.6 Å². The number of ether oxygens (including phenoxy) is 2. The van der Waals surface area contributed by atoms with Crippen LogP contribution in [-0.4, -0.2) is 29.5 Å². The number of methoxy groups -OCH3 is 2. The van der Waals surface area contributed by atoms with Gasteiger partial charge < -0.3 is 19.2 Å². The Bertz CT molecular complexity index is 886. The molecule has 0 fully saturated rings. The van der Waals surface area contributed by atoms with E-state index in [2.05, 4.69) is 10.3 Å². The lowest BCUT2D eigenvalue weighted by Crippen LogP contribution is -2.23. The lowest BCUT2D eigenvalue weighted by molar-refractivity contribution is 0.0946. The second kappa shape index (κ2) is 6.62. The fourth-order valence-electron chi connectivity index (χ4n) is 2.46. The largest absolute Gasteiger partial charge is 0.493 e. The van der Waals surface area contributed by atoms with Crippen LogP contribution in [-0.2, 0) is 6.54 Å². The maximum atomic E-state index is 12.3. The molecule has 24 heavy (non-hydrogen) atoms. The average Bonchev–Trinajstić information content (AvgIpc) is 3.02. The third-order valence-corrected chi connectivity index (χ3v) is 3.75. The second-order valence-electron chi connectivity index (χ2n) is 5.47. The second-order valence-corrected chi connectivity index (χ2v) is 5.47. The molecular formula is C18H19N3O3. The predicted molar refractivity (Wildman–Crippen MR) is 90.6 cm³/mol. The number of hydrogen-bond acceptors (Lipinski definition) is 4. The number of aryl methyl sites for hydroxylation is 1. The van der Waals surface area contributed by atoms with Gasteiger partial charge in [0.05, 0.1) is 14.2 Å². The van der Waals surface area contributed by atoms with Gasteiger partial charge in [0.2, 0.25) is 0 Å². The molecule has 124 valence electrons. The summed E-state index contributed by atoms with van der Waals surface area (Å²) in [6, 6.07) is 9.44. The molecule has 0 unspecified atom stereocenters. The molecule has 0 spiro atoms. The van der Waals surface area contributed by atoms with Crippen molar-refractivity contribution in [1.82, 2.24) is 14.7 Å². The highest BCUT2D eigenvalue weighted by Crippen LogP contribution is 2.27. The van der Waals surface area contributed by atoms with Crippen molar-refractivity contribution in [3.63, 3.8) is 0 Å². The summed E-state index contributed by atoms with van der Waals surface area (Å²) >= 11 is 0. The number of benzene rings is 1. The fourth-order valence-corrected chi connectivity index (χ4v) is 2.46. The summed E-state index contributed by atoms with van der Waals surface area (Å²) in [6.45, 7) is 2.37. The van der Waals surface area contributed by atoms with Gasteiger partial charge in [-0.05, 0) is 42.3 Å². The topological polar surface area (TPSA) is 64.9 Å². The quantitative estimate of drug-likeness (QED) is 0.783. The molecule has 6 nitrogen and oxygen atoms in total. The molecule has 0 radical (unpaired) electrons. The van der Waals surface area contributed by atoms with Crippen molar-refractivity contribution >= 4 is 11.6 Å². The van der Waals surface area contributed by atoms with Crippen molar-refractivity contribution in [3.05, 3.63) is 59.5 Å². The molecule has 0 saturated carbocycles. The van der Waals surface area contributed by atoms with Crippen LogP contribution in [0.15, 0.2) is 42.7 Å². The number of imidazole rings is 1. The van der Waals surface area contributed by atoms with Gasteiger partial charge in [0.1, 0.15) is 11.3 Å². The molecule has 0 aliphatic rings. The molecule has 0 saturated heterocycles. The molecule has 0 bridgehead atoms. The van der Waals surface area contributed by atoms with Crippen LogP contribution in [0.3, 0.4) is 0 Å². The first-order valence-electron chi connectivity index (χ1n) is 7.55. The number of amides is 1. The Morgan fingerprint density at radius 1 is 1.17 bits per heavy atom. The highest BCUT2D eigenvalue weighted by molar-refractivity contribution is 5.92. The van der Waals surface area contributed by atoms with Gasteiger partial charge in [0.25, 0.3) is 5.91 Å². The number of rotatable bonds is 5. The Hall–Kier alpha value is -3.02. The van der Waals surface area contributed by atoms with Crippen LogP contribution in [0.2, 0.25) is 0 Å². The van der Waals surface area contributed by atoms with E-state index in [0.29, 0.717) is 23.7 Å². The number of fused-ring (bicyclic) bond motifs is 1. The summed E-state index contributed by atoms with van der Waals surface area (Å²) in [4.78, 5) is 16.7. The van der Waals surface area contributed by atoms with Gasteiger partial charge in [0, 0.05) is 18.9 Å². The van der Waals surface area contributed by atoms with Crippen LogP contribution < -0.4 is 14.8 Å². The molecule has 6 heteroatoms. The van der Waals surface area contributed by atoms with E-state index in [1.54, 1.807) is 20.4 Å². The number of nitrogens with zero attached hydrogens (tertiary/aromatic N) is 2. The SMILES string of the molecule is COc1ccc(CNC(=O)c2cn3ccc(C)cc3n2)cc1OC. The number of carbonyl (C=O) groups excluding carboxylic acids is 1. The van der Waals surface area contributed by atoms with Crippen LogP contribution in [0.4, 0.5) is 0 Å². The molecule has 0 aliphatic heterocycles. The van der Waals surface area contributed by atoms with Gasteiger partial charge in [-0.15, -0.1) is 0 Å². The summed E-state index contributed by atoms with van der Waals surface area (Å²) in [5, 5.41) is 2.87. The Morgan fingerprint density at radius 3 is 2.71 bits per heavy atom. The third-order valence-electron chi connectivity index (χ3n) is 3.75. The predicted octanol–water partition coefficient (Wildman–Crippen LogP) is 2.59. The Balaban J connectivity index is 1.72. The van der Waals surface area contributed by atoms with Crippen molar-refractivity contribution in [3.8, 4) is 11.5 Å². The number of nitrogens with one attached hydrogen (secondary N) is 1. The zero-order chi connectivity index (χ0) is 17.1. The van der Waals surface area contributed by atoms with Crippen LogP contribution >= 0.6 is 0 Å². The highest BCUT2D eigenvalue weighted by Gasteiger charge is 2.11. The Kier molecular flexibility index (Phi) is 4.37. The summed E-state index contributed by atoms with van der Waals surface area (Å²) in [7, 11) is 3.17. The zero-order valence-corrected chi connectivity index (χ0v) is 13.9. The summed E-state index contributed by atoms with van der Waals surface area (Å²) < 4.78 is 12.3. The highest BCUT2D eigenvalue weighted by atomic mass is 16.5. The van der Waals surface area contributed by atoms with E-state index in [0.717, 1.165) is 16.8 Å². The molecular weight excluding hydrogens is 306 g/mol. The molecule has 2 heterocycles. The summed E-state index contributed by atoms with van der Waals surface area (Å²) in [5.41, 5.74) is 3.17. The van der Waals surface area contributed by atoms with E-state index in [1.165, 1.54) is 0 Å².